The van der Waals surface area contributed by atoms with Gasteiger partial charge in [0.25, 0.3) is 5.91 Å². The zero-order valence-corrected chi connectivity index (χ0v) is 22.3. The van der Waals surface area contributed by atoms with E-state index in [0.717, 1.165) is 22.6 Å². The van der Waals surface area contributed by atoms with Crippen molar-refractivity contribution in [3.63, 3.8) is 0 Å². The predicted octanol–water partition coefficient (Wildman–Crippen LogP) is 0.829. The van der Waals surface area contributed by atoms with E-state index in [2.05, 4.69) is 20.2 Å². The van der Waals surface area contributed by atoms with Gasteiger partial charge in [0, 0.05) is 50.5 Å². The Labute approximate surface area is 234 Å². The zero-order valence-electron chi connectivity index (χ0n) is 22.3. The van der Waals surface area contributed by atoms with Crippen LogP contribution >= 0.6 is 0 Å². The molecule has 3 heterocycles. The van der Waals surface area contributed by atoms with Crippen LogP contribution in [-0.4, -0.2) is 69.0 Å². The van der Waals surface area contributed by atoms with Gasteiger partial charge in [0.15, 0.2) is 6.10 Å². The number of aliphatic hydroxyl groups is 2. The van der Waals surface area contributed by atoms with E-state index in [1.807, 2.05) is 60.7 Å². The summed E-state index contributed by atoms with van der Waals surface area (Å²) in [4.78, 5) is 23.3. The minimum absolute atomic E-state index is 0.235. The van der Waals surface area contributed by atoms with Crippen molar-refractivity contribution in [3.8, 4) is 0 Å². The van der Waals surface area contributed by atoms with Crippen LogP contribution in [0.3, 0.4) is 0 Å². The van der Waals surface area contributed by atoms with Gasteiger partial charge in [0.1, 0.15) is 6.10 Å². The van der Waals surface area contributed by atoms with Crippen molar-refractivity contribution in [2.75, 3.05) is 24.7 Å². The van der Waals surface area contributed by atoms with Gasteiger partial charge in [0.2, 0.25) is 0 Å². The highest BCUT2D eigenvalue weighted by atomic mass is 16.5. The molecule has 11 heteroatoms. The Hall–Kier alpha value is -3.87. The van der Waals surface area contributed by atoms with Gasteiger partial charge >= 0.3 is 0 Å². The number of amides is 1. The third-order valence-corrected chi connectivity index (χ3v) is 6.56. The van der Waals surface area contributed by atoms with Crippen LogP contribution in [0.5, 0.6) is 0 Å². The van der Waals surface area contributed by atoms with Crippen LogP contribution in [0.25, 0.3) is 0 Å². The molecule has 0 spiro atoms. The van der Waals surface area contributed by atoms with Crippen molar-refractivity contribution in [2.45, 2.75) is 44.2 Å². The van der Waals surface area contributed by atoms with Crippen molar-refractivity contribution in [1.29, 1.82) is 0 Å². The molecule has 11 nitrogen and oxygen atoms in total. The quantitative estimate of drug-likeness (QED) is 0.162. The SMILES string of the molecule is N/C(=C\N(N)c1ccc(CCNC(=O)[C@H]2OCCC(O)C2O)cc1)CN(Cc1ccccn1)Cc1ccccn1. The van der Waals surface area contributed by atoms with Crippen LogP contribution in [0.15, 0.2) is 85.0 Å². The molecule has 1 aliphatic rings. The van der Waals surface area contributed by atoms with Crippen LogP contribution in [0.1, 0.15) is 23.4 Å². The van der Waals surface area contributed by atoms with Crippen LogP contribution in [0.2, 0.25) is 0 Å². The van der Waals surface area contributed by atoms with Gasteiger partial charge in [0.05, 0.1) is 29.8 Å². The molecular weight excluding hydrogens is 510 g/mol. The molecule has 1 amide bonds. The molecule has 1 aromatic carbocycles. The number of ether oxygens (including phenoxy) is 1. The molecule has 1 aliphatic heterocycles. The molecule has 1 fully saturated rings. The first-order chi connectivity index (χ1) is 19.4. The number of nitrogens with one attached hydrogen (secondary N) is 1. The summed E-state index contributed by atoms with van der Waals surface area (Å²) in [7, 11) is 0. The molecule has 2 aromatic heterocycles. The molecule has 0 bridgehead atoms. The second-order valence-corrected chi connectivity index (χ2v) is 9.74. The Bertz CT molecular complexity index is 1190. The molecule has 0 aliphatic carbocycles. The third kappa shape index (κ3) is 8.57. The molecule has 0 saturated carbocycles. The third-order valence-electron chi connectivity index (χ3n) is 6.56. The number of nitrogens with zero attached hydrogens (tertiary/aromatic N) is 4. The summed E-state index contributed by atoms with van der Waals surface area (Å²) in [5.74, 6) is 5.86. The van der Waals surface area contributed by atoms with E-state index in [4.69, 9.17) is 16.3 Å². The lowest BCUT2D eigenvalue weighted by Crippen LogP contribution is -2.52. The molecule has 3 atom stereocenters. The number of carbonyl (C=O) groups excluding carboxylic acids is 1. The summed E-state index contributed by atoms with van der Waals surface area (Å²) in [5.41, 5.74) is 10.6. The van der Waals surface area contributed by atoms with Crippen LogP contribution < -0.4 is 21.9 Å². The van der Waals surface area contributed by atoms with E-state index in [-0.39, 0.29) is 6.61 Å². The molecule has 1 saturated heterocycles. The molecule has 40 heavy (non-hydrogen) atoms. The summed E-state index contributed by atoms with van der Waals surface area (Å²) in [6, 6.07) is 19.3. The molecule has 4 rings (SSSR count). The highest BCUT2D eigenvalue weighted by molar-refractivity contribution is 5.81. The van der Waals surface area contributed by atoms with E-state index < -0.39 is 24.2 Å². The smallest absolute Gasteiger partial charge is 0.251 e. The second kappa shape index (κ2) is 14.5. The molecular formula is C29H37N7O4. The van der Waals surface area contributed by atoms with Crippen LogP contribution in [-0.2, 0) is 29.0 Å². The first kappa shape index (κ1) is 29.1. The number of pyridine rings is 2. The lowest BCUT2D eigenvalue weighted by Gasteiger charge is -2.30. The molecule has 0 radical (unpaired) electrons. The highest BCUT2D eigenvalue weighted by Crippen LogP contribution is 2.16. The normalized spacial score (nSPS) is 19.4. The Morgan fingerprint density at radius 3 is 2.27 bits per heavy atom. The number of carbonyl (C=O) groups is 1. The van der Waals surface area contributed by atoms with E-state index in [9.17, 15) is 15.0 Å². The van der Waals surface area contributed by atoms with Gasteiger partial charge in [-0.15, -0.1) is 0 Å². The number of benzene rings is 1. The molecule has 3 aromatic rings. The summed E-state index contributed by atoms with van der Waals surface area (Å²) in [5, 5.41) is 24.0. The number of anilines is 1. The topological polar surface area (TPSA) is 163 Å². The summed E-state index contributed by atoms with van der Waals surface area (Å²) in [6.45, 7) is 2.28. The Balaban J connectivity index is 1.30. The zero-order chi connectivity index (χ0) is 28.3. The maximum absolute atomic E-state index is 12.3. The highest BCUT2D eigenvalue weighted by Gasteiger charge is 2.36. The number of aromatic nitrogens is 2. The monoisotopic (exact) mass is 547 g/mol. The lowest BCUT2D eigenvalue weighted by molar-refractivity contribution is -0.162. The van der Waals surface area contributed by atoms with Crippen molar-refractivity contribution in [2.24, 2.45) is 11.6 Å². The first-order valence-corrected chi connectivity index (χ1v) is 13.3. The Morgan fingerprint density at radius 1 is 1.02 bits per heavy atom. The van der Waals surface area contributed by atoms with E-state index in [0.29, 0.717) is 44.7 Å². The van der Waals surface area contributed by atoms with Crippen molar-refractivity contribution >= 4 is 11.6 Å². The maximum Gasteiger partial charge on any atom is 0.251 e. The number of rotatable bonds is 12. The first-order valence-electron chi connectivity index (χ1n) is 13.3. The average molecular weight is 548 g/mol. The second-order valence-electron chi connectivity index (χ2n) is 9.74. The van der Waals surface area contributed by atoms with E-state index >= 15 is 0 Å². The fourth-order valence-electron chi connectivity index (χ4n) is 4.44. The van der Waals surface area contributed by atoms with E-state index in [1.54, 1.807) is 18.6 Å². The number of nitrogens with two attached hydrogens (primary N) is 2. The lowest BCUT2D eigenvalue weighted by atomic mass is 10.0. The minimum atomic E-state index is -1.22. The van der Waals surface area contributed by atoms with Gasteiger partial charge < -0.3 is 26.0 Å². The maximum atomic E-state index is 12.3. The summed E-state index contributed by atoms with van der Waals surface area (Å²) < 4.78 is 5.32. The van der Waals surface area contributed by atoms with Crippen molar-refractivity contribution < 1.29 is 19.7 Å². The fraction of sp³-hybridized carbons (Fsp3) is 0.345. The number of aliphatic hydroxyl groups excluding tert-OH is 2. The minimum Gasteiger partial charge on any atom is -0.400 e. The number of hydrogen-bond acceptors (Lipinski definition) is 10. The van der Waals surface area contributed by atoms with Gasteiger partial charge in [-0.1, -0.05) is 24.3 Å². The largest absolute Gasteiger partial charge is 0.400 e. The standard InChI is InChI=1S/C29H37N7O4/c30-22(17-35(19-23-5-1-3-13-32-23)20-24-6-2-4-14-33-24)18-36(31)25-9-7-21(8-10-25)11-15-34-29(39)28-27(38)26(37)12-16-40-28/h1-10,13-14,18,26-28,37-38H,11-12,15-17,19-20,30-31H2,(H,34,39)/b22-18-/t26?,27?,28-/m0/s1. The molecule has 7 N–H and O–H groups in total. The van der Waals surface area contributed by atoms with Crippen molar-refractivity contribution in [1.82, 2.24) is 20.2 Å². The number of hydrazine groups is 1. The van der Waals surface area contributed by atoms with E-state index in [1.165, 1.54) is 5.01 Å². The summed E-state index contributed by atoms with van der Waals surface area (Å²) in [6.07, 6.45) is 2.90. The van der Waals surface area contributed by atoms with Gasteiger partial charge in [-0.25, -0.2) is 5.84 Å². The Morgan fingerprint density at radius 2 is 1.68 bits per heavy atom. The van der Waals surface area contributed by atoms with Gasteiger partial charge in [-0.3, -0.25) is 24.7 Å². The van der Waals surface area contributed by atoms with Gasteiger partial charge in [-0.2, -0.15) is 0 Å². The van der Waals surface area contributed by atoms with Crippen LogP contribution in [0.4, 0.5) is 5.69 Å². The fourth-order valence-corrected chi connectivity index (χ4v) is 4.44. The van der Waals surface area contributed by atoms with Crippen molar-refractivity contribution in [3.05, 3.63) is 102 Å². The van der Waals surface area contributed by atoms with Crippen LogP contribution in [0, 0.1) is 0 Å². The summed E-state index contributed by atoms with van der Waals surface area (Å²) >= 11 is 0. The van der Waals surface area contributed by atoms with Gasteiger partial charge in [-0.05, 0) is 54.8 Å². The predicted molar refractivity (Wildman–Crippen MR) is 151 cm³/mol. The Kier molecular flexibility index (Phi) is 10.6. The number of hydrogen-bond donors (Lipinski definition) is 5. The molecule has 212 valence electrons. The average Bonchev–Trinajstić information content (AvgIpc) is 2.95. The molecule has 2 unspecified atom stereocenters.